The van der Waals surface area contributed by atoms with Gasteiger partial charge in [0.1, 0.15) is 25.0 Å². The molecule has 1 heterocycles. The van der Waals surface area contributed by atoms with E-state index in [4.69, 9.17) is 4.74 Å². The van der Waals surface area contributed by atoms with Crippen molar-refractivity contribution >= 4 is 17.0 Å². The number of hydrogen-bond donors (Lipinski definition) is 0. The van der Waals surface area contributed by atoms with Crippen LogP contribution in [0.3, 0.4) is 0 Å². The van der Waals surface area contributed by atoms with Gasteiger partial charge >= 0.3 is 0 Å². The van der Waals surface area contributed by atoms with Gasteiger partial charge in [-0.25, -0.2) is 4.68 Å². The molecule has 0 bridgehead atoms. The number of hydrogen-bond acceptors (Lipinski definition) is 4. The molecule has 0 saturated carbocycles. The third-order valence-corrected chi connectivity index (χ3v) is 4.30. The number of benzene rings is 3. The minimum absolute atomic E-state index is 0.512. The molecule has 5 nitrogen and oxygen atoms in total. The molecular weight excluding hydrogens is 324 g/mol. The van der Waals surface area contributed by atoms with Crippen LogP contribution in [0, 0.1) is 6.92 Å². The van der Waals surface area contributed by atoms with Crippen molar-refractivity contribution in [2.45, 2.75) is 13.5 Å². The van der Waals surface area contributed by atoms with E-state index in [2.05, 4.69) is 52.6 Å². The van der Waals surface area contributed by atoms with E-state index < -0.39 is 0 Å². The van der Waals surface area contributed by atoms with Crippen LogP contribution >= 0.6 is 0 Å². The van der Waals surface area contributed by atoms with E-state index in [0.29, 0.717) is 6.61 Å². The molecule has 0 N–H and O–H groups in total. The number of aromatic nitrogens is 3. The summed E-state index contributed by atoms with van der Waals surface area (Å²) < 4.78 is 7.71. The lowest BCUT2D eigenvalue weighted by molar-refractivity contribution is 0.305. The van der Waals surface area contributed by atoms with Gasteiger partial charge in [-0.05, 0) is 34.9 Å². The molecule has 0 aliphatic heterocycles. The summed E-state index contributed by atoms with van der Waals surface area (Å²) in [5, 5.41) is 14.2. The third-order valence-electron chi connectivity index (χ3n) is 4.30. The average molecular weight is 342 g/mol. The molecule has 0 aliphatic rings. The lowest BCUT2D eigenvalue weighted by Gasteiger charge is -2.13. The van der Waals surface area contributed by atoms with E-state index >= 15 is 0 Å². The first-order valence-corrected chi connectivity index (χ1v) is 8.39. The van der Waals surface area contributed by atoms with Crippen molar-refractivity contribution < 1.29 is 4.74 Å². The fourth-order valence-corrected chi connectivity index (χ4v) is 2.84. The molecule has 3 aromatic carbocycles. The molecule has 0 spiro atoms. The van der Waals surface area contributed by atoms with Crippen molar-refractivity contribution in [2.75, 3.05) is 0 Å². The molecule has 0 atom stereocenters. The quantitative estimate of drug-likeness (QED) is 0.511. The van der Waals surface area contributed by atoms with Crippen LogP contribution in [0.25, 0.3) is 10.8 Å². The Labute approximate surface area is 151 Å². The summed E-state index contributed by atoms with van der Waals surface area (Å²) in [6.07, 6.45) is 4.89. The van der Waals surface area contributed by atoms with E-state index in [1.807, 2.05) is 30.3 Å². The molecule has 0 radical (unpaired) electrons. The molecule has 0 saturated heterocycles. The largest absolute Gasteiger partial charge is 0.488 e. The Morgan fingerprint density at radius 1 is 0.962 bits per heavy atom. The van der Waals surface area contributed by atoms with Crippen molar-refractivity contribution in [1.82, 2.24) is 14.9 Å². The predicted molar refractivity (Wildman–Crippen MR) is 102 cm³/mol. The van der Waals surface area contributed by atoms with Crippen LogP contribution in [-0.4, -0.2) is 21.1 Å². The average Bonchev–Trinajstić information content (AvgIpc) is 3.19. The maximum atomic E-state index is 6.15. The van der Waals surface area contributed by atoms with Gasteiger partial charge in [0.2, 0.25) is 0 Å². The Hall–Kier alpha value is -3.47. The van der Waals surface area contributed by atoms with Gasteiger partial charge in [0.25, 0.3) is 0 Å². The lowest BCUT2D eigenvalue weighted by Crippen LogP contribution is -2.01. The molecule has 0 unspecified atom stereocenters. The first-order chi connectivity index (χ1) is 12.8. The fourth-order valence-electron chi connectivity index (χ4n) is 2.84. The number of ether oxygens (including phenoxy) is 1. The van der Waals surface area contributed by atoms with E-state index in [0.717, 1.165) is 22.1 Å². The molecule has 0 fully saturated rings. The Morgan fingerprint density at radius 2 is 1.73 bits per heavy atom. The van der Waals surface area contributed by atoms with Crippen LogP contribution in [-0.2, 0) is 6.61 Å². The van der Waals surface area contributed by atoms with Gasteiger partial charge in [-0.2, -0.15) is 5.10 Å². The third kappa shape index (κ3) is 3.32. The minimum atomic E-state index is 0.512. The zero-order valence-corrected chi connectivity index (χ0v) is 14.4. The summed E-state index contributed by atoms with van der Waals surface area (Å²) in [5.74, 6) is 0.795. The van der Waals surface area contributed by atoms with Crippen LogP contribution in [0.4, 0.5) is 0 Å². The molecular formula is C21H18N4O. The standard InChI is InChI=1S/C21H18N4O/c1-16-6-2-3-8-18(16)13-26-21-11-10-17-7-4-5-9-19(17)20(21)12-24-25-14-22-23-15-25/h2-12,14-15H,13H2,1H3/b24-12+. The first kappa shape index (κ1) is 16.0. The van der Waals surface area contributed by atoms with E-state index in [1.54, 1.807) is 23.5 Å². The molecule has 4 aromatic rings. The monoisotopic (exact) mass is 342 g/mol. The Kier molecular flexibility index (Phi) is 4.43. The molecule has 26 heavy (non-hydrogen) atoms. The summed E-state index contributed by atoms with van der Waals surface area (Å²) in [4.78, 5) is 0. The van der Waals surface area contributed by atoms with Crippen molar-refractivity contribution in [3.63, 3.8) is 0 Å². The summed E-state index contributed by atoms with van der Waals surface area (Å²) in [6, 6.07) is 20.5. The van der Waals surface area contributed by atoms with Crippen LogP contribution < -0.4 is 4.74 Å². The summed E-state index contributed by atoms with van der Waals surface area (Å²) in [6.45, 7) is 2.60. The van der Waals surface area contributed by atoms with Gasteiger partial charge in [0, 0.05) is 5.56 Å². The Bertz CT molecular complexity index is 1050. The van der Waals surface area contributed by atoms with Crippen LogP contribution in [0.1, 0.15) is 16.7 Å². The highest BCUT2D eigenvalue weighted by atomic mass is 16.5. The number of rotatable bonds is 5. The number of fused-ring (bicyclic) bond motifs is 1. The van der Waals surface area contributed by atoms with Crippen molar-refractivity contribution in [2.24, 2.45) is 5.10 Å². The Balaban J connectivity index is 1.71. The van der Waals surface area contributed by atoms with Gasteiger partial charge in [0.15, 0.2) is 0 Å². The summed E-state index contributed by atoms with van der Waals surface area (Å²) in [7, 11) is 0. The zero-order valence-electron chi connectivity index (χ0n) is 14.4. The second-order valence-electron chi connectivity index (χ2n) is 6.00. The highest BCUT2D eigenvalue weighted by molar-refractivity contribution is 6.02. The van der Waals surface area contributed by atoms with Gasteiger partial charge in [0.05, 0.1) is 6.21 Å². The summed E-state index contributed by atoms with van der Waals surface area (Å²) in [5.41, 5.74) is 3.32. The zero-order chi connectivity index (χ0) is 17.8. The smallest absolute Gasteiger partial charge is 0.141 e. The number of aryl methyl sites for hydroxylation is 1. The summed E-state index contributed by atoms with van der Waals surface area (Å²) >= 11 is 0. The van der Waals surface area contributed by atoms with Crippen molar-refractivity contribution in [3.8, 4) is 5.75 Å². The van der Waals surface area contributed by atoms with Crippen LogP contribution in [0.2, 0.25) is 0 Å². The molecule has 5 heteroatoms. The maximum absolute atomic E-state index is 6.15. The van der Waals surface area contributed by atoms with Crippen molar-refractivity contribution in [1.29, 1.82) is 0 Å². The molecule has 128 valence electrons. The van der Waals surface area contributed by atoms with Gasteiger partial charge < -0.3 is 4.74 Å². The second-order valence-corrected chi connectivity index (χ2v) is 6.00. The lowest BCUT2D eigenvalue weighted by atomic mass is 10.0. The molecule has 0 aliphatic carbocycles. The second kappa shape index (κ2) is 7.19. The number of nitrogens with zero attached hydrogens (tertiary/aromatic N) is 4. The highest BCUT2D eigenvalue weighted by Gasteiger charge is 2.08. The van der Waals surface area contributed by atoms with E-state index in [-0.39, 0.29) is 0 Å². The predicted octanol–water partition coefficient (Wildman–Crippen LogP) is 4.20. The molecule has 0 amide bonds. The van der Waals surface area contributed by atoms with Crippen LogP contribution in [0.5, 0.6) is 5.75 Å². The van der Waals surface area contributed by atoms with Gasteiger partial charge in [-0.1, -0.05) is 54.6 Å². The maximum Gasteiger partial charge on any atom is 0.141 e. The molecule has 1 aromatic heterocycles. The van der Waals surface area contributed by atoms with E-state index in [9.17, 15) is 0 Å². The minimum Gasteiger partial charge on any atom is -0.488 e. The fraction of sp³-hybridized carbons (Fsp3) is 0.0952. The first-order valence-electron chi connectivity index (χ1n) is 8.39. The normalized spacial score (nSPS) is 11.3. The SMILES string of the molecule is Cc1ccccc1COc1ccc2ccccc2c1/C=N/n1cnnc1. The highest BCUT2D eigenvalue weighted by Crippen LogP contribution is 2.27. The topological polar surface area (TPSA) is 52.3 Å². The van der Waals surface area contributed by atoms with Crippen LogP contribution in [0.15, 0.2) is 78.4 Å². The molecule has 4 rings (SSSR count). The van der Waals surface area contributed by atoms with E-state index in [1.165, 1.54) is 11.1 Å². The Morgan fingerprint density at radius 3 is 2.58 bits per heavy atom. The van der Waals surface area contributed by atoms with Gasteiger partial charge in [-0.3, -0.25) is 0 Å². The van der Waals surface area contributed by atoms with Gasteiger partial charge in [-0.15, -0.1) is 10.2 Å². The van der Waals surface area contributed by atoms with Crippen molar-refractivity contribution in [3.05, 3.63) is 90.0 Å².